The lowest BCUT2D eigenvalue weighted by Crippen LogP contribution is -2.26. The summed E-state index contributed by atoms with van der Waals surface area (Å²) in [6, 6.07) is 7.71. The van der Waals surface area contributed by atoms with Crippen molar-refractivity contribution < 1.29 is 9.53 Å². The second-order valence-corrected chi connectivity index (χ2v) is 4.23. The van der Waals surface area contributed by atoms with Gasteiger partial charge in [0.25, 0.3) is 0 Å². The van der Waals surface area contributed by atoms with Gasteiger partial charge in [0.15, 0.2) is 0 Å². The van der Waals surface area contributed by atoms with E-state index in [9.17, 15) is 4.79 Å². The standard InChI is InChI=1S/C14H17NO2.ClH/c1-12(16)17-14-7-5-13(6-8-14)11-15-9-3-2-4-10-15;/h2-3,5-8H,4,9-11H2,1H3;1H. The van der Waals surface area contributed by atoms with E-state index in [1.54, 1.807) is 0 Å². The summed E-state index contributed by atoms with van der Waals surface area (Å²) in [5.41, 5.74) is 1.25. The van der Waals surface area contributed by atoms with Crippen molar-refractivity contribution in [3.8, 4) is 5.75 Å². The first-order valence-corrected chi connectivity index (χ1v) is 5.89. The quantitative estimate of drug-likeness (QED) is 0.479. The van der Waals surface area contributed by atoms with Crippen molar-refractivity contribution in [1.29, 1.82) is 0 Å². The highest BCUT2D eigenvalue weighted by atomic mass is 35.5. The number of hydrogen-bond acceptors (Lipinski definition) is 3. The van der Waals surface area contributed by atoms with Gasteiger partial charge in [0.1, 0.15) is 5.75 Å². The van der Waals surface area contributed by atoms with E-state index in [0.717, 1.165) is 26.1 Å². The molecule has 3 nitrogen and oxygen atoms in total. The summed E-state index contributed by atoms with van der Waals surface area (Å²) >= 11 is 0. The highest BCUT2D eigenvalue weighted by molar-refractivity contribution is 5.85. The lowest BCUT2D eigenvalue weighted by molar-refractivity contribution is -0.131. The number of halogens is 1. The summed E-state index contributed by atoms with van der Waals surface area (Å²) < 4.78 is 5.00. The minimum Gasteiger partial charge on any atom is -0.427 e. The Morgan fingerprint density at radius 1 is 1.28 bits per heavy atom. The fourth-order valence-corrected chi connectivity index (χ4v) is 1.92. The van der Waals surface area contributed by atoms with Gasteiger partial charge in [-0.15, -0.1) is 12.4 Å². The maximum absolute atomic E-state index is 10.8. The van der Waals surface area contributed by atoms with Gasteiger partial charge in [-0.05, 0) is 24.1 Å². The topological polar surface area (TPSA) is 29.5 Å². The van der Waals surface area contributed by atoms with Crippen molar-refractivity contribution in [2.75, 3.05) is 13.1 Å². The van der Waals surface area contributed by atoms with E-state index in [0.29, 0.717) is 5.75 Å². The van der Waals surface area contributed by atoms with Gasteiger partial charge in [-0.2, -0.15) is 0 Å². The van der Waals surface area contributed by atoms with Crippen LogP contribution in [0.1, 0.15) is 18.9 Å². The molecule has 0 unspecified atom stereocenters. The molecule has 1 aromatic carbocycles. The Labute approximate surface area is 114 Å². The zero-order valence-corrected chi connectivity index (χ0v) is 11.3. The number of carbonyl (C=O) groups is 1. The largest absolute Gasteiger partial charge is 0.427 e. The molecule has 1 aliphatic heterocycles. The summed E-state index contributed by atoms with van der Waals surface area (Å²) in [4.78, 5) is 13.2. The maximum Gasteiger partial charge on any atom is 0.308 e. The highest BCUT2D eigenvalue weighted by Crippen LogP contribution is 2.14. The molecule has 0 N–H and O–H groups in total. The van der Waals surface area contributed by atoms with Gasteiger partial charge in [-0.3, -0.25) is 9.69 Å². The number of rotatable bonds is 3. The molecule has 0 atom stereocenters. The Hall–Kier alpha value is -1.32. The molecule has 0 aromatic heterocycles. The van der Waals surface area contributed by atoms with Gasteiger partial charge < -0.3 is 4.74 Å². The van der Waals surface area contributed by atoms with Crippen LogP contribution in [0.25, 0.3) is 0 Å². The first kappa shape index (κ1) is 14.7. The number of hydrogen-bond donors (Lipinski definition) is 0. The Bertz CT molecular complexity index is 414. The number of esters is 1. The van der Waals surface area contributed by atoms with Crippen molar-refractivity contribution in [2.24, 2.45) is 0 Å². The van der Waals surface area contributed by atoms with Crippen molar-refractivity contribution in [3.05, 3.63) is 42.0 Å². The predicted molar refractivity (Wildman–Crippen MR) is 74.0 cm³/mol. The van der Waals surface area contributed by atoms with Crippen LogP contribution in [0.15, 0.2) is 36.4 Å². The fraction of sp³-hybridized carbons (Fsp3) is 0.357. The first-order chi connectivity index (χ1) is 8.24. The van der Waals surface area contributed by atoms with E-state index in [4.69, 9.17) is 4.74 Å². The molecular formula is C14H18ClNO2. The lowest BCUT2D eigenvalue weighted by Gasteiger charge is -2.22. The molecule has 1 heterocycles. The molecule has 0 amide bonds. The third-order valence-electron chi connectivity index (χ3n) is 2.73. The van der Waals surface area contributed by atoms with E-state index in [1.807, 2.05) is 24.3 Å². The zero-order chi connectivity index (χ0) is 12.1. The molecule has 0 aliphatic carbocycles. The summed E-state index contributed by atoms with van der Waals surface area (Å²) in [7, 11) is 0. The molecule has 2 rings (SSSR count). The lowest BCUT2D eigenvalue weighted by atomic mass is 10.1. The average molecular weight is 268 g/mol. The van der Waals surface area contributed by atoms with Crippen molar-refractivity contribution in [1.82, 2.24) is 4.90 Å². The molecule has 98 valence electrons. The van der Waals surface area contributed by atoms with Crippen LogP contribution in [-0.4, -0.2) is 24.0 Å². The number of ether oxygens (including phenoxy) is 1. The Morgan fingerprint density at radius 3 is 2.56 bits per heavy atom. The summed E-state index contributed by atoms with van der Waals surface area (Å²) in [6.45, 7) is 4.49. The summed E-state index contributed by atoms with van der Waals surface area (Å²) in [5.74, 6) is 0.332. The molecule has 1 aliphatic rings. The van der Waals surface area contributed by atoms with E-state index >= 15 is 0 Å². The molecule has 0 fully saturated rings. The summed E-state index contributed by atoms with van der Waals surface area (Å²) in [5, 5.41) is 0. The van der Waals surface area contributed by atoms with Crippen LogP contribution in [-0.2, 0) is 11.3 Å². The smallest absolute Gasteiger partial charge is 0.308 e. The predicted octanol–water partition coefficient (Wildman–Crippen LogP) is 2.80. The van der Waals surface area contributed by atoms with Crippen molar-refractivity contribution in [3.63, 3.8) is 0 Å². The normalized spacial score (nSPS) is 14.9. The highest BCUT2D eigenvalue weighted by Gasteiger charge is 2.06. The van der Waals surface area contributed by atoms with Crippen LogP contribution < -0.4 is 4.74 Å². The number of carbonyl (C=O) groups excluding carboxylic acids is 1. The van der Waals surface area contributed by atoms with Crippen molar-refractivity contribution in [2.45, 2.75) is 19.9 Å². The Balaban J connectivity index is 0.00000162. The first-order valence-electron chi connectivity index (χ1n) is 5.89. The van der Waals surface area contributed by atoms with Gasteiger partial charge in [0.2, 0.25) is 0 Å². The monoisotopic (exact) mass is 267 g/mol. The maximum atomic E-state index is 10.8. The van der Waals surface area contributed by atoms with Gasteiger partial charge in [0, 0.05) is 26.6 Å². The SMILES string of the molecule is CC(=O)Oc1ccc(CN2CC=CCC2)cc1.Cl. The van der Waals surface area contributed by atoms with Gasteiger partial charge in [-0.25, -0.2) is 0 Å². The van der Waals surface area contributed by atoms with E-state index in [-0.39, 0.29) is 18.4 Å². The third kappa shape index (κ3) is 4.51. The molecule has 4 heteroatoms. The number of nitrogens with zero attached hydrogens (tertiary/aromatic N) is 1. The van der Waals surface area contributed by atoms with Gasteiger partial charge in [-0.1, -0.05) is 24.3 Å². The average Bonchev–Trinajstić information content (AvgIpc) is 2.32. The van der Waals surface area contributed by atoms with E-state index < -0.39 is 0 Å². The van der Waals surface area contributed by atoms with Crippen LogP contribution in [0.2, 0.25) is 0 Å². The minimum absolute atomic E-state index is 0. The fourth-order valence-electron chi connectivity index (χ4n) is 1.92. The molecule has 1 aromatic rings. The van der Waals surface area contributed by atoms with E-state index in [2.05, 4.69) is 17.1 Å². The Kier molecular flexibility index (Phi) is 5.89. The molecule has 0 radical (unpaired) electrons. The minimum atomic E-state index is -0.279. The van der Waals surface area contributed by atoms with Crippen LogP contribution in [0, 0.1) is 0 Å². The van der Waals surface area contributed by atoms with Crippen LogP contribution in [0.3, 0.4) is 0 Å². The summed E-state index contributed by atoms with van der Waals surface area (Å²) in [6.07, 6.45) is 5.56. The third-order valence-corrected chi connectivity index (χ3v) is 2.73. The molecule has 0 saturated heterocycles. The van der Waals surface area contributed by atoms with Gasteiger partial charge >= 0.3 is 5.97 Å². The second kappa shape index (κ2) is 7.19. The Morgan fingerprint density at radius 2 is 2.00 bits per heavy atom. The molecule has 0 spiro atoms. The molecule has 18 heavy (non-hydrogen) atoms. The van der Waals surface area contributed by atoms with Crippen LogP contribution in [0.4, 0.5) is 0 Å². The van der Waals surface area contributed by atoms with Crippen LogP contribution >= 0.6 is 12.4 Å². The van der Waals surface area contributed by atoms with E-state index in [1.165, 1.54) is 12.5 Å². The molecule has 0 bridgehead atoms. The van der Waals surface area contributed by atoms with Crippen LogP contribution in [0.5, 0.6) is 5.75 Å². The van der Waals surface area contributed by atoms with Crippen molar-refractivity contribution >= 4 is 18.4 Å². The second-order valence-electron chi connectivity index (χ2n) is 4.23. The molecule has 0 saturated carbocycles. The zero-order valence-electron chi connectivity index (χ0n) is 10.5. The molecular weight excluding hydrogens is 250 g/mol. The number of benzene rings is 1. The van der Waals surface area contributed by atoms with Gasteiger partial charge in [0.05, 0.1) is 0 Å².